The summed E-state index contributed by atoms with van der Waals surface area (Å²) in [5, 5.41) is 24.4. The predicted molar refractivity (Wildman–Crippen MR) is 145 cm³/mol. The van der Waals surface area contributed by atoms with Crippen molar-refractivity contribution in [3.8, 4) is 11.5 Å². The molecule has 11 heteroatoms. The van der Waals surface area contributed by atoms with Crippen LogP contribution in [0.2, 0.25) is 10.0 Å². The standard InChI is InChI=1S/C28H30Cl2N2O7/c1-14(2)28(37)32(12-16-4-5-17(29)10-20(16)30)21-11-19(27(36)31-6-7-33)23-18-8-15(13-34)9-22(38-3)25(18)39-26(23)24(21)35/h4-5,8-11,13-14,21,23-24,26,33,35H,6-7,12H2,1-3H3,(H,31,36). The number of fused-ring (bicyclic) bond motifs is 3. The number of nitrogens with zero attached hydrogens (tertiary/aromatic N) is 1. The first-order valence-corrected chi connectivity index (χ1v) is 13.2. The molecule has 0 saturated heterocycles. The van der Waals surface area contributed by atoms with E-state index in [2.05, 4.69) is 5.32 Å². The maximum Gasteiger partial charge on any atom is 0.247 e. The van der Waals surface area contributed by atoms with Gasteiger partial charge in [-0.1, -0.05) is 43.1 Å². The SMILES string of the molecule is COc1cc(C=O)cc2c1OC1C2C(C(=O)NCCO)=CC(N(Cc2ccc(Cl)cc2Cl)C(=O)C(C)C)C1O. The Labute approximate surface area is 236 Å². The van der Waals surface area contributed by atoms with Gasteiger partial charge in [0, 0.05) is 45.8 Å². The second-order valence-electron chi connectivity index (χ2n) is 9.76. The molecule has 39 heavy (non-hydrogen) atoms. The Hall–Kier alpha value is -3.11. The minimum absolute atomic E-state index is 0.00121. The van der Waals surface area contributed by atoms with E-state index in [1.165, 1.54) is 18.1 Å². The fraction of sp³-hybridized carbons (Fsp3) is 0.393. The van der Waals surface area contributed by atoms with Gasteiger partial charge in [-0.2, -0.15) is 0 Å². The lowest BCUT2D eigenvalue weighted by Gasteiger charge is -2.41. The highest BCUT2D eigenvalue weighted by Crippen LogP contribution is 2.51. The third-order valence-corrected chi connectivity index (χ3v) is 7.49. The molecular formula is C28H30Cl2N2O7. The van der Waals surface area contributed by atoms with Crippen LogP contribution in [0.4, 0.5) is 0 Å². The van der Waals surface area contributed by atoms with Crippen molar-refractivity contribution in [2.24, 2.45) is 5.92 Å². The van der Waals surface area contributed by atoms with Gasteiger partial charge >= 0.3 is 0 Å². The van der Waals surface area contributed by atoms with E-state index in [0.717, 1.165) is 0 Å². The zero-order valence-electron chi connectivity index (χ0n) is 21.7. The van der Waals surface area contributed by atoms with Gasteiger partial charge in [0.15, 0.2) is 11.5 Å². The monoisotopic (exact) mass is 576 g/mol. The lowest BCUT2D eigenvalue weighted by molar-refractivity contribution is -0.141. The number of amides is 2. The van der Waals surface area contributed by atoms with Crippen LogP contribution in [0.1, 0.15) is 41.3 Å². The van der Waals surface area contributed by atoms with Crippen molar-refractivity contribution in [2.45, 2.75) is 44.6 Å². The summed E-state index contributed by atoms with van der Waals surface area (Å²) in [5.74, 6) is -1.37. The van der Waals surface area contributed by atoms with E-state index in [9.17, 15) is 24.6 Å². The van der Waals surface area contributed by atoms with Gasteiger partial charge in [-0.25, -0.2) is 0 Å². The van der Waals surface area contributed by atoms with Crippen LogP contribution >= 0.6 is 23.2 Å². The van der Waals surface area contributed by atoms with Gasteiger partial charge in [0.1, 0.15) is 18.5 Å². The summed E-state index contributed by atoms with van der Waals surface area (Å²) >= 11 is 12.5. The summed E-state index contributed by atoms with van der Waals surface area (Å²) < 4.78 is 11.6. The topological polar surface area (TPSA) is 125 Å². The third-order valence-electron chi connectivity index (χ3n) is 6.90. The van der Waals surface area contributed by atoms with E-state index in [1.54, 1.807) is 44.2 Å². The molecule has 0 aromatic heterocycles. The van der Waals surface area contributed by atoms with Gasteiger partial charge in [-0.05, 0) is 35.9 Å². The quantitative estimate of drug-likeness (QED) is 0.391. The van der Waals surface area contributed by atoms with Gasteiger partial charge in [0.25, 0.3) is 0 Å². The normalized spacial score (nSPS) is 21.4. The molecule has 0 saturated carbocycles. The number of methoxy groups -OCH3 is 1. The predicted octanol–water partition coefficient (Wildman–Crippen LogP) is 3.12. The summed E-state index contributed by atoms with van der Waals surface area (Å²) in [4.78, 5) is 40.0. The number of halogens is 2. The number of aliphatic hydroxyl groups is 2. The number of aliphatic hydroxyl groups excluding tert-OH is 2. The average Bonchev–Trinajstić information content (AvgIpc) is 3.31. The zero-order valence-corrected chi connectivity index (χ0v) is 23.2. The molecular weight excluding hydrogens is 547 g/mol. The van der Waals surface area contributed by atoms with Crippen molar-refractivity contribution in [3.05, 3.63) is 68.7 Å². The van der Waals surface area contributed by atoms with Gasteiger partial charge in [-0.15, -0.1) is 0 Å². The first kappa shape index (κ1) is 28.9. The Kier molecular flexibility index (Phi) is 8.86. The van der Waals surface area contributed by atoms with Crippen molar-refractivity contribution in [2.75, 3.05) is 20.3 Å². The minimum Gasteiger partial charge on any atom is -0.493 e. The fourth-order valence-corrected chi connectivity index (χ4v) is 5.52. The highest BCUT2D eigenvalue weighted by Gasteiger charge is 2.51. The van der Waals surface area contributed by atoms with Gasteiger partial charge in [-0.3, -0.25) is 14.4 Å². The maximum atomic E-state index is 13.5. The molecule has 2 amide bonds. The summed E-state index contributed by atoms with van der Waals surface area (Å²) in [7, 11) is 1.43. The number of rotatable bonds is 9. The largest absolute Gasteiger partial charge is 0.493 e. The van der Waals surface area contributed by atoms with E-state index in [1.807, 2.05) is 0 Å². The molecule has 0 bridgehead atoms. The first-order valence-electron chi connectivity index (χ1n) is 12.5. The molecule has 3 N–H and O–H groups in total. The molecule has 4 rings (SSSR count). The summed E-state index contributed by atoms with van der Waals surface area (Å²) in [5.41, 5.74) is 1.66. The summed E-state index contributed by atoms with van der Waals surface area (Å²) in [6.45, 7) is 3.25. The van der Waals surface area contributed by atoms with Crippen LogP contribution in [0.5, 0.6) is 11.5 Å². The lowest BCUT2D eigenvalue weighted by Crippen LogP contribution is -2.56. The molecule has 1 aliphatic heterocycles. The Morgan fingerprint density at radius 3 is 2.59 bits per heavy atom. The Morgan fingerprint density at radius 2 is 1.97 bits per heavy atom. The molecule has 2 aromatic carbocycles. The molecule has 0 fully saturated rings. The van der Waals surface area contributed by atoms with E-state index < -0.39 is 36.0 Å². The lowest BCUT2D eigenvalue weighted by atomic mass is 9.77. The smallest absolute Gasteiger partial charge is 0.247 e. The van der Waals surface area contributed by atoms with Crippen LogP contribution in [0, 0.1) is 5.92 Å². The van der Waals surface area contributed by atoms with Crippen LogP contribution < -0.4 is 14.8 Å². The number of nitrogens with one attached hydrogen (secondary N) is 1. The van der Waals surface area contributed by atoms with E-state index in [4.69, 9.17) is 32.7 Å². The molecule has 1 heterocycles. The number of ether oxygens (including phenoxy) is 2. The Bertz CT molecular complexity index is 1310. The van der Waals surface area contributed by atoms with Crippen LogP contribution in [0.3, 0.4) is 0 Å². The van der Waals surface area contributed by atoms with E-state index in [0.29, 0.717) is 38.8 Å². The molecule has 9 nitrogen and oxygen atoms in total. The number of hydrogen-bond acceptors (Lipinski definition) is 7. The molecule has 2 aliphatic rings. The molecule has 4 unspecified atom stereocenters. The van der Waals surface area contributed by atoms with Gasteiger partial charge in [0.2, 0.25) is 11.8 Å². The fourth-order valence-electron chi connectivity index (χ4n) is 5.05. The van der Waals surface area contributed by atoms with Crippen molar-refractivity contribution in [1.29, 1.82) is 0 Å². The van der Waals surface area contributed by atoms with Crippen molar-refractivity contribution >= 4 is 41.3 Å². The highest BCUT2D eigenvalue weighted by molar-refractivity contribution is 6.35. The number of carbonyl (C=O) groups is 3. The molecule has 2 aromatic rings. The second-order valence-corrected chi connectivity index (χ2v) is 10.6. The molecule has 208 valence electrons. The van der Waals surface area contributed by atoms with E-state index in [-0.39, 0.29) is 36.9 Å². The highest BCUT2D eigenvalue weighted by atomic mass is 35.5. The first-order chi connectivity index (χ1) is 18.6. The minimum atomic E-state index is -1.25. The number of hydrogen-bond donors (Lipinski definition) is 3. The maximum absolute atomic E-state index is 13.5. The van der Waals surface area contributed by atoms with Crippen LogP contribution in [-0.4, -0.2) is 71.7 Å². The molecule has 0 radical (unpaired) electrons. The van der Waals surface area contributed by atoms with E-state index >= 15 is 0 Å². The third kappa shape index (κ3) is 5.63. The average molecular weight is 577 g/mol. The number of aldehydes is 1. The van der Waals surface area contributed by atoms with Crippen LogP contribution in [0.25, 0.3) is 0 Å². The van der Waals surface area contributed by atoms with Crippen LogP contribution in [0.15, 0.2) is 42.0 Å². The van der Waals surface area contributed by atoms with Gasteiger partial charge < -0.3 is 29.9 Å². The molecule has 0 spiro atoms. The van der Waals surface area contributed by atoms with Gasteiger partial charge in [0.05, 0.1) is 25.7 Å². The van der Waals surface area contributed by atoms with Crippen LogP contribution in [-0.2, 0) is 16.1 Å². The summed E-state index contributed by atoms with van der Waals surface area (Å²) in [6.07, 6.45) is -0.00761. The van der Waals surface area contributed by atoms with Crippen molar-refractivity contribution < 1.29 is 34.1 Å². The molecule has 1 aliphatic carbocycles. The van der Waals surface area contributed by atoms with Crippen molar-refractivity contribution in [1.82, 2.24) is 10.2 Å². The zero-order chi connectivity index (χ0) is 28.4. The molecule has 4 atom stereocenters. The Morgan fingerprint density at radius 1 is 1.23 bits per heavy atom. The number of benzene rings is 2. The number of carbonyl (C=O) groups excluding carboxylic acids is 3. The van der Waals surface area contributed by atoms with Crippen molar-refractivity contribution in [3.63, 3.8) is 0 Å². The second kappa shape index (κ2) is 12.0. The summed E-state index contributed by atoms with van der Waals surface area (Å²) in [6, 6.07) is 7.08. The Balaban J connectivity index is 1.84.